The Labute approximate surface area is 97.8 Å². The third-order valence-corrected chi connectivity index (χ3v) is 3.28. The van der Waals surface area contributed by atoms with Crippen molar-refractivity contribution in [1.82, 2.24) is 5.32 Å². The molecule has 2 atom stereocenters. The topological polar surface area (TPSA) is 83.5 Å². The summed E-state index contributed by atoms with van der Waals surface area (Å²) in [7, 11) is -1.80. The summed E-state index contributed by atoms with van der Waals surface area (Å²) in [6.07, 6.45) is -4.93. The van der Waals surface area contributed by atoms with Crippen LogP contribution < -0.4 is 5.32 Å². The molecule has 0 aromatic heterocycles. The lowest BCUT2D eigenvalue weighted by molar-refractivity contribution is -0.137. The zero-order valence-electron chi connectivity index (χ0n) is 8.91. The Hall–Kier alpha value is -1.12. The first-order valence-electron chi connectivity index (χ1n) is 4.54. The normalized spacial score (nSPS) is 15.1. The van der Waals surface area contributed by atoms with Gasteiger partial charge in [0, 0.05) is 16.0 Å². The van der Waals surface area contributed by atoms with Gasteiger partial charge in [0.25, 0.3) is 0 Å². The van der Waals surface area contributed by atoms with Crippen molar-refractivity contribution in [3.05, 3.63) is 0 Å². The first-order chi connectivity index (χ1) is 7.61. The van der Waals surface area contributed by atoms with Gasteiger partial charge in [0.2, 0.25) is 5.91 Å². The minimum absolute atomic E-state index is 0.404. The molecular weight excluding hydrogens is 263 g/mol. The summed E-state index contributed by atoms with van der Waals surface area (Å²) >= 11 is 0. The second-order valence-electron chi connectivity index (χ2n) is 3.33. The molecule has 9 heteroatoms. The maximum atomic E-state index is 11.7. The van der Waals surface area contributed by atoms with Gasteiger partial charge < -0.3 is 10.4 Å². The van der Waals surface area contributed by atoms with Crippen molar-refractivity contribution in [2.45, 2.75) is 24.8 Å². The maximum Gasteiger partial charge on any atom is 0.405 e. The molecule has 0 heterocycles. The SMILES string of the molecule is CC(CC(=O)O)S(=O)CC(=O)NCC(F)(F)F. The highest BCUT2D eigenvalue weighted by atomic mass is 32.2. The molecule has 1 amide bonds. The molecule has 0 fully saturated rings. The highest BCUT2D eigenvalue weighted by molar-refractivity contribution is 7.86. The van der Waals surface area contributed by atoms with E-state index in [2.05, 4.69) is 0 Å². The van der Waals surface area contributed by atoms with E-state index in [1.54, 1.807) is 5.32 Å². The van der Waals surface area contributed by atoms with Crippen LogP contribution in [0.3, 0.4) is 0 Å². The molecule has 0 aromatic carbocycles. The molecule has 2 N–H and O–H groups in total. The summed E-state index contributed by atoms with van der Waals surface area (Å²) in [4.78, 5) is 21.2. The lowest BCUT2D eigenvalue weighted by Crippen LogP contribution is -2.37. The number of carbonyl (C=O) groups excluding carboxylic acids is 1. The van der Waals surface area contributed by atoms with Gasteiger partial charge in [-0.3, -0.25) is 13.8 Å². The number of carboxylic acids is 1. The van der Waals surface area contributed by atoms with Crippen molar-refractivity contribution in [1.29, 1.82) is 0 Å². The van der Waals surface area contributed by atoms with Gasteiger partial charge in [-0.2, -0.15) is 13.2 Å². The second kappa shape index (κ2) is 6.58. The molecule has 0 aromatic rings. The van der Waals surface area contributed by atoms with Gasteiger partial charge in [-0.05, 0) is 0 Å². The van der Waals surface area contributed by atoms with Crippen molar-refractivity contribution in [2.75, 3.05) is 12.3 Å². The predicted octanol–water partition coefficient (Wildman–Crippen LogP) is 0.277. The summed E-state index contributed by atoms with van der Waals surface area (Å²) in [5.41, 5.74) is 0. The molecule has 100 valence electrons. The Morgan fingerprint density at radius 2 is 1.94 bits per heavy atom. The van der Waals surface area contributed by atoms with Crippen LogP contribution in [0, 0.1) is 0 Å². The first kappa shape index (κ1) is 15.9. The van der Waals surface area contributed by atoms with Crippen LogP contribution in [0.1, 0.15) is 13.3 Å². The van der Waals surface area contributed by atoms with Gasteiger partial charge in [-0.15, -0.1) is 0 Å². The molecule has 0 aliphatic carbocycles. The van der Waals surface area contributed by atoms with Crippen LogP contribution >= 0.6 is 0 Å². The summed E-state index contributed by atoms with van der Waals surface area (Å²) in [6.45, 7) is -0.141. The van der Waals surface area contributed by atoms with E-state index in [4.69, 9.17) is 5.11 Å². The smallest absolute Gasteiger partial charge is 0.405 e. The average molecular weight is 275 g/mol. The molecule has 5 nitrogen and oxygen atoms in total. The van der Waals surface area contributed by atoms with Gasteiger partial charge in [-0.1, -0.05) is 6.92 Å². The van der Waals surface area contributed by atoms with E-state index in [9.17, 15) is 27.0 Å². The Bertz CT molecular complexity index is 318. The van der Waals surface area contributed by atoms with Crippen molar-refractivity contribution >= 4 is 22.7 Å². The molecular formula is C8H12F3NO4S. The van der Waals surface area contributed by atoms with Crippen molar-refractivity contribution < 1.29 is 32.1 Å². The minimum Gasteiger partial charge on any atom is -0.481 e. The zero-order chi connectivity index (χ0) is 13.6. The highest BCUT2D eigenvalue weighted by Gasteiger charge is 2.28. The maximum absolute atomic E-state index is 11.7. The van der Waals surface area contributed by atoms with Gasteiger partial charge in [0.05, 0.1) is 6.42 Å². The molecule has 0 radical (unpaired) electrons. The third-order valence-electron chi connectivity index (χ3n) is 1.67. The lowest BCUT2D eigenvalue weighted by atomic mass is 10.3. The number of amides is 1. The molecule has 0 saturated carbocycles. The molecule has 0 aliphatic heterocycles. The number of aliphatic carboxylic acids is 1. The zero-order valence-corrected chi connectivity index (χ0v) is 9.73. The quantitative estimate of drug-likeness (QED) is 0.729. The Morgan fingerprint density at radius 3 is 2.35 bits per heavy atom. The largest absolute Gasteiger partial charge is 0.481 e. The van der Waals surface area contributed by atoms with E-state index < -0.39 is 52.8 Å². The third kappa shape index (κ3) is 8.66. The van der Waals surface area contributed by atoms with E-state index in [-0.39, 0.29) is 0 Å². The number of carbonyl (C=O) groups is 2. The van der Waals surface area contributed by atoms with E-state index in [1.165, 1.54) is 6.92 Å². The monoisotopic (exact) mass is 275 g/mol. The van der Waals surface area contributed by atoms with Crippen molar-refractivity contribution in [3.63, 3.8) is 0 Å². The number of hydrogen-bond acceptors (Lipinski definition) is 3. The predicted molar refractivity (Wildman–Crippen MR) is 53.8 cm³/mol. The lowest BCUT2D eigenvalue weighted by Gasteiger charge is -2.10. The summed E-state index contributed by atoms with van der Waals surface area (Å²) in [5, 5.41) is 9.16. The van der Waals surface area contributed by atoms with Crippen LogP contribution in [0.5, 0.6) is 0 Å². The van der Waals surface area contributed by atoms with Crippen LogP contribution in [0.4, 0.5) is 13.2 Å². The fraction of sp³-hybridized carbons (Fsp3) is 0.750. The molecule has 0 spiro atoms. The number of alkyl halides is 3. The van der Waals surface area contributed by atoms with Crippen molar-refractivity contribution in [2.24, 2.45) is 0 Å². The minimum atomic E-state index is -4.52. The van der Waals surface area contributed by atoms with E-state index in [1.807, 2.05) is 0 Å². The average Bonchev–Trinajstić information content (AvgIpc) is 2.12. The summed E-state index contributed by atoms with van der Waals surface area (Å²) in [5.74, 6) is -2.83. The van der Waals surface area contributed by atoms with Crippen LogP contribution in [0.25, 0.3) is 0 Å². The van der Waals surface area contributed by atoms with Gasteiger partial charge in [0.15, 0.2) is 0 Å². The second-order valence-corrected chi connectivity index (χ2v) is 5.18. The van der Waals surface area contributed by atoms with Crippen LogP contribution in [-0.4, -0.2) is 44.9 Å². The molecule has 17 heavy (non-hydrogen) atoms. The number of nitrogens with one attached hydrogen (secondary N) is 1. The van der Waals surface area contributed by atoms with E-state index in [0.29, 0.717) is 0 Å². The van der Waals surface area contributed by atoms with Gasteiger partial charge >= 0.3 is 12.1 Å². The summed E-state index contributed by atoms with van der Waals surface area (Å²) in [6, 6.07) is 0. The number of carboxylic acid groups (broad SMARTS) is 1. The van der Waals surface area contributed by atoms with Crippen LogP contribution in [-0.2, 0) is 20.4 Å². The standard InChI is InChI=1S/C8H12F3NO4S/c1-5(2-7(14)15)17(16)3-6(13)12-4-8(9,10)11/h5H,2-4H2,1H3,(H,12,13)(H,14,15). The Kier molecular flexibility index (Phi) is 6.14. The van der Waals surface area contributed by atoms with Crippen molar-refractivity contribution in [3.8, 4) is 0 Å². The van der Waals surface area contributed by atoms with E-state index in [0.717, 1.165) is 0 Å². The number of halogens is 3. The van der Waals surface area contributed by atoms with Crippen LogP contribution in [0.2, 0.25) is 0 Å². The molecule has 2 unspecified atom stereocenters. The Morgan fingerprint density at radius 1 is 1.41 bits per heavy atom. The Balaban J connectivity index is 4.04. The molecule has 0 aliphatic rings. The van der Waals surface area contributed by atoms with E-state index >= 15 is 0 Å². The molecule has 0 bridgehead atoms. The van der Waals surface area contributed by atoms with Crippen LogP contribution in [0.15, 0.2) is 0 Å². The highest BCUT2D eigenvalue weighted by Crippen LogP contribution is 2.12. The number of hydrogen-bond donors (Lipinski definition) is 2. The first-order valence-corrected chi connectivity index (χ1v) is 5.92. The van der Waals surface area contributed by atoms with Gasteiger partial charge in [0.1, 0.15) is 12.3 Å². The molecule has 0 rings (SSSR count). The summed E-state index contributed by atoms with van der Waals surface area (Å²) < 4.78 is 46.5. The molecule has 0 saturated heterocycles. The van der Waals surface area contributed by atoms with Gasteiger partial charge in [-0.25, -0.2) is 0 Å². The number of rotatable bonds is 6. The fourth-order valence-corrected chi connectivity index (χ4v) is 1.83. The fourth-order valence-electron chi connectivity index (χ4n) is 0.860.